The van der Waals surface area contributed by atoms with Gasteiger partial charge in [-0.25, -0.2) is 14.5 Å². The fourth-order valence-corrected chi connectivity index (χ4v) is 5.40. The molecule has 2 aliphatic rings. The van der Waals surface area contributed by atoms with Crippen molar-refractivity contribution in [2.75, 3.05) is 10.6 Å². The van der Waals surface area contributed by atoms with Crippen LogP contribution in [0, 0.1) is 11.3 Å². The number of aromatic nitrogens is 4. The van der Waals surface area contributed by atoms with E-state index in [1.807, 2.05) is 41.0 Å². The van der Waals surface area contributed by atoms with Gasteiger partial charge in [0.15, 0.2) is 0 Å². The summed E-state index contributed by atoms with van der Waals surface area (Å²) in [7, 11) is 0. The van der Waals surface area contributed by atoms with Gasteiger partial charge in [0, 0.05) is 29.4 Å². The summed E-state index contributed by atoms with van der Waals surface area (Å²) in [5.41, 5.74) is 5.25. The lowest BCUT2D eigenvalue weighted by Crippen LogP contribution is -2.17. The fourth-order valence-electron chi connectivity index (χ4n) is 5.40. The molecular formula is C28H29N7. The molecule has 2 fully saturated rings. The van der Waals surface area contributed by atoms with Crippen molar-refractivity contribution in [3.8, 4) is 28.6 Å². The molecule has 6 rings (SSSR count). The molecule has 0 amide bonds. The van der Waals surface area contributed by atoms with Gasteiger partial charge < -0.3 is 10.6 Å². The number of benzene rings is 1. The third-order valence-electron chi connectivity index (χ3n) is 7.24. The van der Waals surface area contributed by atoms with Crippen molar-refractivity contribution in [1.82, 2.24) is 19.6 Å². The van der Waals surface area contributed by atoms with E-state index in [9.17, 15) is 5.26 Å². The molecule has 0 bridgehead atoms. The highest BCUT2D eigenvalue weighted by atomic mass is 15.3. The van der Waals surface area contributed by atoms with Crippen LogP contribution in [0.25, 0.3) is 28.0 Å². The first-order valence-electron chi connectivity index (χ1n) is 12.7. The van der Waals surface area contributed by atoms with Crippen LogP contribution < -0.4 is 10.6 Å². The van der Waals surface area contributed by atoms with Crippen LogP contribution in [0.2, 0.25) is 0 Å². The topological polar surface area (TPSA) is 90.9 Å². The molecule has 0 radical (unpaired) electrons. The Morgan fingerprint density at radius 1 is 0.857 bits per heavy atom. The fraction of sp³-hybridized carbons (Fsp3) is 0.357. The van der Waals surface area contributed by atoms with Crippen LogP contribution in [0.15, 0.2) is 54.7 Å². The van der Waals surface area contributed by atoms with Gasteiger partial charge >= 0.3 is 0 Å². The molecule has 0 aliphatic heterocycles. The molecule has 176 valence electrons. The highest BCUT2D eigenvalue weighted by molar-refractivity contribution is 5.83. The number of nitriles is 1. The summed E-state index contributed by atoms with van der Waals surface area (Å²) in [4.78, 5) is 9.35. The van der Waals surface area contributed by atoms with E-state index in [2.05, 4.69) is 39.9 Å². The van der Waals surface area contributed by atoms with Crippen molar-refractivity contribution in [2.24, 2.45) is 0 Å². The highest BCUT2D eigenvalue weighted by Gasteiger charge is 2.20. The van der Waals surface area contributed by atoms with E-state index in [1.54, 1.807) is 0 Å². The first-order chi connectivity index (χ1) is 17.3. The zero-order valence-electron chi connectivity index (χ0n) is 19.7. The third kappa shape index (κ3) is 4.44. The highest BCUT2D eigenvalue weighted by Crippen LogP contribution is 2.32. The molecule has 4 aromatic rings. The summed E-state index contributed by atoms with van der Waals surface area (Å²) in [5, 5.41) is 21.6. The smallest absolute Gasteiger partial charge is 0.223 e. The Hall–Kier alpha value is -3.92. The monoisotopic (exact) mass is 463 g/mol. The first-order valence-corrected chi connectivity index (χ1v) is 12.7. The largest absolute Gasteiger partial charge is 0.367 e. The van der Waals surface area contributed by atoms with Crippen LogP contribution in [-0.4, -0.2) is 31.7 Å². The zero-order valence-corrected chi connectivity index (χ0v) is 19.7. The molecular weight excluding hydrogens is 434 g/mol. The maximum absolute atomic E-state index is 9.37. The van der Waals surface area contributed by atoms with Crippen LogP contribution >= 0.6 is 0 Å². The third-order valence-corrected chi connectivity index (χ3v) is 7.24. The van der Waals surface area contributed by atoms with Crippen molar-refractivity contribution in [2.45, 2.75) is 63.5 Å². The minimum absolute atomic E-state index is 0.456. The second-order valence-corrected chi connectivity index (χ2v) is 9.67. The van der Waals surface area contributed by atoms with E-state index in [1.165, 1.54) is 51.4 Å². The predicted octanol–water partition coefficient (Wildman–Crippen LogP) is 6.04. The number of nitrogens with zero attached hydrogens (tertiary/aromatic N) is 5. The Balaban J connectivity index is 1.43. The van der Waals surface area contributed by atoms with Gasteiger partial charge in [0.2, 0.25) is 5.95 Å². The molecule has 2 aliphatic carbocycles. The predicted molar refractivity (Wildman–Crippen MR) is 138 cm³/mol. The van der Waals surface area contributed by atoms with Gasteiger partial charge in [-0.1, -0.05) is 37.8 Å². The van der Waals surface area contributed by atoms with E-state index in [0.29, 0.717) is 23.6 Å². The van der Waals surface area contributed by atoms with Gasteiger partial charge in [0.05, 0.1) is 28.5 Å². The van der Waals surface area contributed by atoms with E-state index >= 15 is 0 Å². The van der Waals surface area contributed by atoms with Crippen LogP contribution in [-0.2, 0) is 0 Å². The zero-order chi connectivity index (χ0) is 23.6. The number of rotatable bonds is 6. The summed E-state index contributed by atoms with van der Waals surface area (Å²) < 4.78 is 1.99. The summed E-state index contributed by atoms with van der Waals surface area (Å²) in [6, 6.07) is 19.1. The maximum atomic E-state index is 9.37. The molecule has 2 N–H and O–H groups in total. The summed E-state index contributed by atoms with van der Waals surface area (Å²) in [6.45, 7) is 0. The number of nitrogens with one attached hydrogen (secondary N) is 2. The van der Waals surface area contributed by atoms with Crippen LogP contribution in [0.1, 0.15) is 56.9 Å². The molecule has 1 aromatic carbocycles. The molecule has 3 heterocycles. The standard InChI is InChI=1S/C28H29N7/c29-18-19-6-5-7-20(16-19)25-17-26-23(12-13-27(35(26)34-25)31-21-8-1-2-9-21)24-14-15-30-28(33-24)32-22-10-3-4-11-22/h5-7,12-17,21-22,31H,1-4,8-11H2,(H,30,32,33). The Kier molecular flexibility index (Phi) is 5.79. The molecule has 3 aromatic heterocycles. The molecule has 0 saturated heterocycles. The van der Waals surface area contributed by atoms with Crippen LogP contribution in [0.5, 0.6) is 0 Å². The summed E-state index contributed by atoms with van der Waals surface area (Å²) in [5.74, 6) is 1.67. The Morgan fingerprint density at radius 3 is 2.40 bits per heavy atom. The van der Waals surface area contributed by atoms with Crippen LogP contribution in [0.4, 0.5) is 11.8 Å². The lowest BCUT2D eigenvalue weighted by atomic mass is 10.1. The van der Waals surface area contributed by atoms with Gasteiger partial charge in [0.1, 0.15) is 5.82 Å². The van der Waals surface area contributed by atoms with Gasteiger partial charge in [-0.15, -0.1) is 0 Å². The second kappa shape index (κ2) is 9.38. The van der Waals surface area contributed by atoms with Crippen molar-refractivity contribution in [3.63, 3.8) is 0 Å². The van der Waals surface area contributed by atoms with Crippen molar-refractivity contribution in [3.05, 3.63) is 60.3 Å². The number of fused-ring (bicyclic) bond motifs is 1. The lowest BCUT2D eigenvalue weighted by Gasteiger charge is -2.16. The number of hydrogen-bond acceptors (Lipinski definition) is 6. The number of hydrogen-bond donors (Lipinski definition) is 2. The average Bonchev–Trinajstić information content (AvgIpc) is 3.67. The Bertz CT molecular complexity index is 1390. The molecule has 0 unspecified atom stereocenters. The normalized spacial score (nSPS) is 16.5. The van der Waals surface area contributed by atoms with E-state index < -0.39 is 0 Å². The van der Waals surface area contributed by atoms with Gasteiger partial charge in [-0.05, 0) is 62.1 Å². The molecule has 7 heteroatoms. The Labute approximate surface area is 205 Å². The van der Waals surface area contributed by atoms with Gasteiger partial charge in [0.25, 0.3) is 0 Å². The SMILES string of the molecule is N#Cc1cccc(-c2cc3c(-c4ccnc(NC5CCCC5)n4)ccc(NC4CCCC4)n3n2)c1. The summed E-state index contributed by atoms with van der Waals surface area (Å²) in [6.07, 6.45) is 11.6. The van der Waals surface area contributed by atoms with Crippen LogP contribution in [0.3, 0.4) is 0 Å². The second-order valence-electron chi connectivity index (χ2n) is 9.67. The van der Waals surface area contributed by atoms with Crippen molar-refractivity contribution in [1.29, 1.82) is 5.26 Å². The van der Waals surface area contributed by atoms with Crippen molar-refractivity contribution < 1.29 is 0 Å². The molecule has 0 spiro atoms. The van der Waals surface area contributed by atoms with Gasteiger partial charge in [-0.3, -0.25) is 0 Å². The van der Waals surface area contributed by atoms with E-state index in [-0.39, 0.29) is 0 Å². The minimum Gasteiger partial charge on any atom is -0.367 e. The van der Waals surface area contributed by atoms with Gasteiger partial charge in [-0.2, -0.15) is 10.4 Å². The van der Waals surface area contributed by atoms with E-state index in [4.69, 9.17) is 10.1 Å². The maximum Gasteiger partial charge on any atom is 0.223 e. The summed E-state index contributed by atoms with van der Waals surface area (Å²) >= 11 is 0. The number of anilines is 2. The number of pyridine rings is 1. The molecule has 0 atom stereocenters. The molecule has 7 nitrogen and oxygen atoms in total. The quantitative estimate of drug-likeness (QED) is 0.362. The Morgan fingerprint density at radius 2 is 1.63 bits per heavy atom. The van der Waals surface area contributed by atoms with E-state index in [0.717, 1.165) is 33.8 Å². The average molecular weight is 464 g/mol. The first kappa shape index (κ1) is 21.6. The molecule has 35 heavy (non-hydrogen) atoms. The van der Waals surface area contributed by atoms with Crippen molar-refractivity contribution >= 4 is 17.3 Å². The minimum atomic E-state index is 0.456. The molecule has 2 saturated carbocycles. The lowest BCUT2D eigenvalue weighted by molar-refractivity contribution is 0.742.